The zero-order chi connectivity index (χ0) is 11.5. The molecule has 0 spiro atoms. The van der Waals surface area contributed by atoms with E-state index in [4.69, 9.17) is 5.41 Å². The van der Waals surface area contributed by atoms with Crippen molar-refractivity contribution in [2.45, 2.75) is 32.2 Å². The van der Waals surface area contributed by atoms with Crippen LogP contribution in [0.3, 0.4) is 0 Å². The molecule has 1 aromatic carbocycles. The number of fused-ring (bicyclic) bond motifs is 1. The van der Waals surface area contributed by atoms with E-state index < -0.39 is 0 Å². The standard InChI is InChI=1S/C15H18N2/c16-14-13-4-2-1-3-11(13)9-17(14)10-15(7-8-15)12-5-6-12/h1-4,12,16H,5-10H2. The number of nitrogens with one attached hydrogen (secondary N) is 1. The highest BCUT2D eigenvalue weighted by Gasteiger charge is 2.54. The average molecular weight is 226 g/mol. The molecule has 0 radical (unpaired) electrons. The second-order valence-electron chi connectivity index (χ2n) is 6.00. The molecule has 4 rings (SSSR count). The van der Waals surface area contributed by atoms with Crippen LogP contribution < -0.4 is 0 Å². The Morgan fingerprint density at radius 2 is 2.00 bits per heavy atom. The number of hydrogen-bond donors (Lipinski definition) is 1. The van der Waals surface area contributed by atoms with Crippen molar-refractivity contribution in [1.82, 2.24) is 4.90 Å². The van der Waals surface area contributed by atoms with E-state index in [0.717, 1.165) is 30.4 Å². The van der Waals surface area contributed by atoms with Crippen LogP contribution in [0, 0.1) is 16.7 Å². The fourth-order valence-electron chi connectivity index (χ4n) is 3.41. The molecule has 2 aliphatic carbocycles. The van der Waals surface area contributed by atoms with Crippen LogP contribution in [0.15, 0.2) is 24.3 Å². The van der Waals surface area contributed by atoms with Crippen molar-refractivity contribution >= 4 is 5.84 Å². The first-order valence-electron chi connectivity index (χ1n) is 6.70. The van der Waals surface area contributed by atoms with Crippen LogP contribution in [0.25, 0.3) is 0 Å². The van der Waals surface area contributed by atoms with Crippen LogP contribution in [0.5, 0.6) is 0 Å². The molecule has 1 aliphatic heterocycles. The van der Waals surface area contributed by atoms with Crippen LogP contribution in [-0.4, -0.2) is 17.3 Å². The summed E-state index contributed by atoms with van der Waals surface area (Å²) in [5.41, 5.74) is 3.09. The summed E-state index contributed by atoms with van der Waals surface area (Å²) in [6.07, 6.45) is 5.68. The molecule has 2 heteroatoms. The maximum atomic E-state index is 8.28. The molecule has 0 bridgehead atoms. The lowest BCUT2D eigenvalue weighted by Gasteiger charge is -2.24. The van der Waals surface area contributed by atoms with Gasteiger partial charge >= 0.3 is 0 Å². The predicted molar refractivity (Wildman–Crippen MR) is 68.1 cm³/mol. The first-order chi connectivity index (χ1) is 8.28. The Morgan fingerprint density at radius 1 is 1.24 bits per heavy atom. The summed E-state index contributed by atoms with van der Waals surface area (Å²) in [5, 5.41) is 8.28. The molecule has 2 saturated carbocycles. The van der Waals surface area contributed by atoms with Crippen LogP contribution in [0.4, 0.5) is 0 Å². The summed E-state index contributed by atoms with van der Waals surface area (Å²) in [6.45, 7) is 2.09. The van der Waals surface area contributed by atoms with Gasteiger partial charge in [-0.15, -0.1) is 0 Å². The maximum absolute atomic E-state index is 8.28. The third-order valence-corrected chi connectivity index (χ3v) is 4.79. The molecule has 0 amide bonds. The molecule has 2 nitrogen and oxygen atoms in total. The van der Waals surface area contributed by atoms with E-state index in [1.54, 1.807) is 0 Å². The quantitative estimate of drug-likeness (QED) is 0.842. The van der Waals surface area contributed by atoms with Gasteiger partial charge in [0.05, 0.1) is 0 Å². The zero-order valence-electron chi connectivity index (χ0n) is 10.1. The van der Waals surface area contributed by atoms with Gasteiger partial charge in [0.15, 0.2) is 0 Å². The van der Waals surface area contributed by atoms with E-state index in [1.807, 2.05) is 6.07 Å². The van der Waals surface area contributed by atoms with Gasteiger partial charge in [0.25, 0.3) is 0 Å². The number of benzene rings is 1. The third-order valence-electron chi connectivity index (χ3n) is 4.79. The SMILES string of the molecule is N=C1c2ccccc2CN1CC1(C2CC2)CC1. The molecular formula is C15H18N2. The fourth-order valence-corrected chi connectivity index (χ4v) is 3.41. The summed E-state index contributed by atoms with van der Waals surface area (Å²) >= 11 is 0. The summed E-state index contributed by atoms with van der Waals surface area (Å²) in [4.78, 5) is 2.30. The number of hydrogen-bond acceptors (Lipinski definition) is 1. The normalized spacial score (nSPS) is 24.9. The van der Waals surface area contributed by atoms with E-state index in [9.17, 15) is 0 Å². The highest BCUT2D eigenvalue weighted by molar-refractivity contribution is 6.00. The van der Waals surface area contributed by atoms with Gasteiger partial charge in [-0.3, -0.25) is 5.41 Å². The van der Waals surface area contributed by atoms with Crippen molar-refractivity contribution in [3.63, 3.8) is 0 Å². The molecule has 1 aromatic rings. The van der Waals surface area contributed by atoms with Gasteiger partial charge < -0.3 is 4.90 Å². The highest BCUT2D eigenvalue weighted by atomic mass is 15.2. The summed E-state index contributed by atoms with van der Waals surface area (Å²) in [6, 6.07) is 8.39. The van der Waals surface area contributed by atoms with Gasteiger partial charge in [0.1, 0.15) is 5.84 Å². The summed E-state index contributed by atoms with van der Waals surface area (Å²) in [7, 11) is 0. The maximum Gasteiger partial charge on any atom is 0.128 e. The number of amidine groups is 1. The molecule has 1 heterocycles. The molecule has 3 aliphatic rings. The Balaban J connectivity index is 1.56. The molecule has 2 fully saturated rings. The minimum absolute atomic E-state index is 0.605. The van der Waals surface area contributed by atoms with E-state index in [0.29, 0.717) is 5.41 Å². The Bertz CT molecular complexity index is 483. The van der Waals surface area contributed by atoms with Gasteiger partial charge in [0.2, 0.25) is 0 Å². The number of rotatable bonds is 3. The van der Waals surface area contributed by atoms with Gasteiger partial charge in [-0.25, -0.2) is 0 Å². The Hall–Kier alpha value is -1.31. The monoisotopic (exact) mass is 226 g/mol. The lowest BCUT2D eigenvalue weighted by molar-refractivity contribution is 0.295. The van der Waals surface area contributed by atoms with Crippen molar-refractivity contribution in [3.8, 4) is 0 Å². The molecule has 0 unspecified atom stereocenters. The lowest BCUT2D eigenvalue weighted by atomic mass is 10.00. The first-order valence-corrected chi connectivity index (χ1v) is 6.70. The van der Waals surface area contributed by atoms with E-state index in [1.165, 1.54) is 31.2 Å². The van der Waals surface area contributed by atoms with Gasteiger partial charge in [-0.2, -0.15) is 0 Å². The molecule has 0 aromatic heterocycles. The number of nitrogens with zero attached hydrogens (tertiary/aromatic N) is 1. The van der Waals surface area contributed by atoms with Crippen LogP contribution >= 0.6 is 0 Å². The second kappa shape index (κ2) is 3.12. The molecule has 88 valence electrons. The lowest BCUT2D eigenvalue weighted by Crippen LogP contribution is -2.31. The average Bonchev–Trinajstić information content (AvgIpc) is 3.21. The topological polar surface area (TPSA) is 27.1 Å². The Kier molecular flexibility index (Phi) is 1.78. The fraction of sp³-hybridized carbons (Fsp3) is 0.533. The van der Waals surface area contributed by atoms with E-state index in [2.05, 4.69) is 23.1 Å². The molecule has 0 atom stereocenters. The highest BCUT2D eigenvalue weighted by Crippen LogP contribution is 2.61. The first kappa shape index (κ1) is 9.69. The summed E-state index contributed by atoms with van der Waals surface area (Å²) < 4.78 is 0. The van der Waals surface area contributed by atoms with Crippen molar-refractivity contribution in [1.29, 1.82) is 5.41 Å². The molecule has 0 saturated heterocycles. The van der Waals surface area contributed by atoms with Crippen molar-refractivity contribution in [3.05, 3.63) is 35.4 Å². The Labute approximate surface area is 102 Å². The van der Waals surface area contributed by atoms with Crippen molar-refractivity contribution in [2.24, 2.45) is 11.3 Å². The van der Waals surface area contributed by atoms with Crippen LogP contribution in [-0.2, 0) is 6.54 Å². The zero-order valence-corrected chi connectivity index (χ0v) is 10.1. The van der Waals surface area contributed by atoms with Gasteiger partial charge in [0, 0.05) is 18.7 Å². The smallest absolute Gasteiger partial charge is 0.128 e. The molecule has 17 heavy (non-hydrogen) atoms. The molecular weight excluding hydrogens is 208 g/mol. The van der Waals surface area contributed by atoms with Crippen LogP contribution in [0.1, 0.15) is 36.8 Å². The minimum Gasteiger partial charge on any atom is -0.352 e. The van der Waals surface area contributed by atoms with Crippen molar-refractivity contribution in [2.75, 3.05) is 6.54 Å². The largest absolute Gasteiger partial charge is 0.352 e. The second-order valence-corrected chi connectivity index (χ2v) is 6.00. The Morgan fingerprint density at radius 3 is 2.65 bits per heavy atom. The third kappa shape index (κ3) is 1.43. The summed E-state index contributed by atoms with van der Waals surface area (Å²) in [5.74, 6) is 1.74. The van der Waals surface area contributed by atoms with E-state index in [-0.39, 0.29) is 0 Å². The van der Waals surface area contributed by atoms with Gasteiger partial charge in [-0.05, 0) is 42.6 Å². The molecule has 1 N–H and O–H groups in total. The van der Waals surface area contributed by atoms with Crippen molar-refractivity contribution < 1.29 is 0 Å². The van der Waals surface area contributed by atoms with Gasteiger partial charge in [-0.1, -0.05) is 24.3 Å². The minimum atomic E-state index is 0.605. The van der Waals surface area contributed by atoms with E-state index >= 15 is 0 Å². The van der Waals surface area contributed by atoms with Crippen LogP contribution in [0.2, 0.25) is 0 Å². The predicted octanol–water partition coefficient (Wildman–Crippen LogP) is 3.02.